The van der Waals surface area contributed by atoms with Gasteiger partial charge >= 0.3 is 5.69 Å². The highest BCUT2D eigenvalue weighted by molar-refractivity contribution is 7.89. The van der Waals surface area contributed by atoms with Crippen LogP contribution in [0, 0.1) is 0 Å². The highest BCUT2D eigenvalue weighted by Crippen LogP contribution is 2.19. The summed E-state index contributed by atoms with van der Waals surface area (Å²) in [5, 5.41) is 4.20. The largest absolute Gasteiger partial charge is 0.497 e. The highest BCUT2D eigenvalue weighted by Gasteiger charge is 2.24. The van der Waals surface area contributed by atoms with E-state index in [1.54, 1.807) is 23.7 Å². The van der Waals surface area contributed by atoms with E-state index in [1.807, 2.05) is 0 Å². The third-order valence-corrected chi connectivity index (χ3v) is 5.69. The fraction of sp³-hybridized carbons (Fsp3) is 0.467. The van der Waals surface area contributed by atoms with E-state index in [4.69, 9.17) is 4.74 Å². The Morgan fingerprint density at radius 2 is 2.12 bits per heavy atom. The van der Waals surface area contributed by atoms with Crippen LogP contribution in [-0.4, -0.2) is 35.9 Å². The van der Waals surface area contributed by atoms with Crippen LogP contribution in [-0.2, 0) is 30.0 Å². The summed E-state index contributed by atoms with van der Waals surface area (Å²) in [6, 6.07) is 6.11. The summed E-state index contributed by atoms with van der Waals surface area (Å²) in [5.41, 5.74) is -0.165. The lowest BCUT2D eigenvalue weighted by Gasteiger charge is -2.16. The first kappa shape index (κ1) is 16.7. The monoisotopic (exact) mass is 352 g/mol. The summed E-state index contributed by atoms with van der Waals surface area (Å²) < 4.78 is 35.8. The molecule has 0 saturated carbocycles. The number of benzene rings is 1. The number of methoxy groups -OCH3 is 1. The minimum absolute atomic E-state index is 0.165. The maximum atomic E-state index is 12.6. The smallest absolute Gasteiger partial charge is 0.345 e. The summed E-state index contributed by atoms with van der Waals surface area (Å²) >= 11 is 0. The number of rotatable bonds is 4. The molecule has 2 aromatic rings. The molecule has 1 unspecified atom stereocenters. The molecule has 0 aliphatic carbocycles. The van der Waals surface area contributed by atoms with Crippen LogP contribution < -0.4 is 15.1 Å². The molecule has 0 saturated heterocycles. The van der Waals surface area contributed by atoms with Crippen molar-refractivity contribution >= 4 is 10.0 Å². The number of nitrogens with zero attached hydrogens (tertiary/aromatic N) is 3. The molecule has 9 heteroatoms. The first-order valence-electron chi connectivity index (χ1n) is 7.70. The van der Waals surface area contributed by atoms with Crippen LogP contribution in [0.3, 0.4) is 0 Å². The Balaban J connectivity index is 1.75. The minimum Gasteiger partial charge on any atom is -0.497 e. The van der Waals surface area contributed by atoms with Crippen LogP contribution in [0.15, 0.2) is 34.0 Å². The van der Waals surface area contributed by atoms with E-state index in [1.165, 1.54) is 23.9 Å². The van der Waals surface area contributed by atoms with E-state index >= 15 is 0 Å². The lowest BCUT2D eigenvalue weighted by atomic mass is 10.1. The third-order valence-electron chi connectivity index (χ3n) is 4.18. The molecular weight excluding hydrogens is 332 g/mol. The van der Waals surface area contributed by atoms with Gasteiger partial charge in [0.1, 0.15) is 11.6 Å². The Bertz CT molecular complexity index is 900. The lowest BCUT2D eigenvalue weighted by Crippen LogP contribution is -2.35. The Hall–Kier alpha value is -2.13. The first-order chi connectivity index (χ1) is 11.4. The van der Waals surface area contributed by atoms with Gasteiger partial charge < -0.3 is 4.74 Å². The predicted molar refractivity (Wildman–Crippen MR) is 87.5 cm³/mol. The summed E-state index contributed by atoms with van der Waals surface area (Å²) in [7, 11) is -0.530. The Morgan fingerprint density at radius 3 is 2.88 bits per heavy atom. The van der Waals surface area contributed by atoms with Gasteiger partial charge in [0.25, 0.3) is 0 Å². The fourth-order valence-corrected chi connectivity index (χ4v) is 4.21. The molecule has 3 rings (SSSR count). The Kier molecular flexibility index (Phi) is 4.46. The lowest BCUT2D eigenvalue weighted by molar-refractivity contribution is 0.413. The molecule has 0 fully saturated rings. The van der Waals surface area contributed by atoms with Crippen molar-refractivity contribution in [1.29, 1.82) is 0 Å². The molecule has 130 valence electrons. The van der Waals surface area contributed by atoms with Crippen molar-refractivity contribution < 1.29 is 13.2 Å². The zero-order valence-corrected chi connectivity index (χ0v) is 14.4. The molecule has 0 bridgehead atoms. The van der Waals surface area contributed by atoms with E-state index < -0.39 is 10.0 Å². The minimum atomic E-state index is -3.64. The third kappa shape index (κ3) is 3.22. The molecule has 1 atom stereocenters. The maximum Gasteiger partial charge on any atom is 0.345 e. The molecule has 0 radical (unpaired) electrons. The molecule has 0 spiro atoms. The standard InChI is InChI=1S/C15H20N4O4S/c1-18-15(20)19-9-8-11(6-7-14(19)16-18)17-24(21,22)13-5-3-4-12(10-13)23-2/h3-5,10-11,17H,6-9H2,1-2H3. The number of hydrogen-bond acceptors (Lipinski definition) is 5. The van der Waals surface area contributed by atoms with Crippen molar-refractivity contribution in [3.63, 3.8) is 0 Å². The molecule has 1 N–H and O–H groups in total. The van der Waals surface area contributed by atoms with E-state index in [0.717, 1.165) is 0 Å². The number of hydrogen-bond donors (Lipinski definition) is 1. The molecule has 8 nitrogen and oxygen atoms in total. The van der Waals surface area contributed by atoms with Gasteiger partial charge in [0.05, 0.1) is 12.0 Å². The van der Waals surface area contributed by atoms with Gasteiger partial charge in [-0.3, -0.25) is 4.57 Å². The fourth-order valence-electron chi connectivity index (χ4n) is 2.87. The van der Waals surface area contributed by atoms with Crippen LogP contribution in [0.1, 0.15) is 18.7 Å². The predicted octanol–water partition coefficient (Wildman–Crippen LogP) is 0.274. The van der Waals surface area contributed by atoms with Crippen molar-refractivity contribution in [2.24, 2.45) is 7.05 Å². The van der Waals surface area contributed by atoms with Crippen LogP contribution in [0.2, 0.25) is 0 Å². The number of aryl methyl sites for hydroxylation is 2. The molecular formula is C15H20N4O4S. The van der Waals surface area contributed by atoms with Crippen LogP contribution in [0.5, 0.6) is 5.75 Å². The van der Waals surface area contributed by atoms with Gasteiger partial charge in [0.2, 0.25) is 10.0 Å². The van der Waals surface area contributed by atoms with Gasteiger partial charge in [0.15, 0.2) is 0 Å². The number of sulfonamides is 1. The van der Waals surface area contributed by atoms with Gasteiger partial charge in [-0.15, -0.1) is 0 Å². The first-order valence-corrected chi connectivity index (χ1v) is 9.18. The van der Waals surface area contributed by atoms with Crippen molar-refractivity contribution in [2.75, 3.05) is 7.11 Å². The van der Waals surface area contributed by atoms with Gasteiger partial charge in [0, 0.05) is 32.1 Å². The highest BCUT2D eigenvalue weighted by atomic mass is 32.2. The summed E-state index contributed by atoms with van der Waals surface area (Å²) in [5.74, 6) is 1.19. The molecule has 1 aliphatic rings. The van der Waals surface area contributed by atoms with E-state index in [-0.39, 0.29) is 16.6 Å². The average molecular weight is 352 g/mol. The van der Waals surface area contributed by atoms with E-state index in [9.17, 15) is 13.2 Å². The number of fused-ring (bicyclic) bond motifs is 1. The van der Waals surface area contributed by atoms with Crippen LogP contribution in [0.4, 0.5) is 0 Å². The van der Waals surface area contributed by atoms with Crippen molar-refractivity contribution in [1.82, 2.24) is 19.1 Å². The van der Waals surface area contributed by atoms with Crippen molar-refractivity contribution in [2.45, 2.75) is 36.7 Å². The topological polar surface area (TPSA) is 95.2 Å². The second kappa shape index (κ2) is 6.40. The van der Waals surface area contributed by atoms with Crippen molar-refractivity contribution in [3.8, 4) is 5.75 Å². The molecule has 1 aliphatic heterocycles. The second-order valence-corrected chi connectivity index (χ2v) is 7.51. The number of nitrogens with one attached hydrogen (secondary N) is 1. The normalized spacial score (nSPS) is 18.0. The zero-order chi connectivity index (χ0) is 17.3. The molecule has 2 heterocycles. The van der Waals surface area contributed by atoms with E-state index in [0.29, 0.717) is 37.4 Å². The van der Waals surface area contributed by atoms with Crippen LogP contribution >= 0.6 is 0 Å². The van der Waals surface area contributed by atoms with Gasteiger partial charge in [-0.25, -0.2) is 22.6 Å². The van der Waals surface area contributed by atoms with E-state index in [2.05, 4.69) is 9.82 Å². The SMILES string of the molecule is COc1cccc(S(=O)(=O)NC2CCc3nn(C)c(=O)n3CC2)c1. The van der Waals surface area contributed by atoms with Gasteiger partial charge in [-0.05, 0) is 25.0 Å². The summed E-state index contributed by atoms with van der Waals surface area (Å²) in [6.07, 6.45) is 1.70. The molecule has 24 heavy (non-hydrogen) atoms. The van der Waals surface area contributed by atoms with Crippen LogP contribution in [0.25, 0.3) is 0 Å². The zero-order valence-electron chi connectivity index (χ0n) is 13.6. The second-order valence-electron chi connectivity index (χ2n) is 5.80. The summed E-state index contributed by atoms with van der Waals surface area (Å²) in [6.45, 7) is 0.452. The Labute approximate surface area is 140 Å². The van der Waals surface area contributed by atoms with Crippen molar-refractivity contribution in [3.05, 3.63) is 40.6 Å². The number of ether oxygens (including phenoxy) is 1. The average Bonchev–Trinajstić information content (AvgIpc) is 2.72. The molecule has 0 amide bonds. The van der Waals surface area contributed by atoms with Gasteiger partial charge in [-0.1, -0.05) is 6.07 Å². The molecule has 1 aromatic carbocycles. The summed E-state index contributed by atoms with van der Waals surface area (Å²) in [4.78, 5) is 12.1. The molecule has 1 aromatic heterocycles. The maximum absolute atomic E-state index is 12.6. The Morgan fingerprint density at radius 1 is 1.33 bits per heavy atom. The quantitative estimate of drug-likeness (QED) is 0.852. The van der Waals surface area contributed by atoms with Gasteiger partial charge in [-0.2, -0.15) is 5.10 Å². The number of aromatic nitrogens is 3.